The Morgan fingerprint density at radius 2 is 1.69 bits per heavy atom. The quantitative estimate of drug-likeness (QED) is 0.353. The molecule has 5 rings (SSSR count). The van der Waals surface area contributed by atoms with E-state index in [-0.39, 0.29) is 12.1 Å². The number of benzene rings is 3. The summed E-state index contributed by atoms with van der Waals surface area (Å²) in [5.41, 5.74) is 1.28. The summed E-state index contributed by atoms with van der Waals surface area (Å²) in [5, 5.41) is 13.8. The molecule has 1 spiro atoms. The van der Waals surface area contributed by atoms with Crippen LogP contribution in [0.5, 0.6) is 0 Å². The van der Waals surface area contributed by atoms with E-state index in [1.54, 1.807) is 42.3 Å². The summed E-state index contributed by atoms with van der Waals surface area (Å²) in [7, 11) is 1.75. The number of aryl methyl sites for hydroxylation is 1. The summed E-state index contributed by atoms with van der Waals surface area (Å²) < 4.78 is 0. The molecule has 2 aliphatic rings. The van der Waals surface area contributed by atoms with E-state index in [1.807, 2.05) is 37.3 Å². The molecule has 2 aliphatic heterocycles. The van der Waals surface area contributed by atoms with E-state index < -0.39 is 34.2 Å². The summed E-state index contributed by atoms with van der Waals surface area (Å²) >= 11 is 0. The maximum atomic E-state index is 14.3. The maximum Gasteiger partial charge on any atom is 0.335 e. The van der Waals surface area contributed by atoms with Crippen LogP contribution in [0.2, 0.25) is 0 Å². The Balaban J connectivity index is 1.74. The van der Waals surface area contributed by atoms with Crippen molar-refractivity contribution >= 4 is 34.9 Å². The number of carbonyl (C=O) groups excluding carboxylic acids is 3. The largest absolute Gasteiger partial charge is 0.366 e. The maximum absolute atomic E-state index is 14.3. The highest BCUT2D eigenvalue weighted by Crippen LogP contribution is 2.52. The first-order valence-electron chi connectivity index (χ1n) is 11.1. The van der Waals surface area contributed by atoms with Gasteiger partial charge < -0.3 is 4.90 Å². The molecule has 0 radical (unpaired) electrons. The van der Waals surface area contributed by atoms with Crippen LogP contribution < -0.4 is 15.1 Å². The minimum atomic E-state index is -1.74. The molecule has 3 aromatic rings. The molecule has 0 aliphatic carbocycles. The zero-order valence-corrected chi connectivity index (χ0v) is 19.1. The molecule has 0 bridgehead atoms. The fraction of sp³-hybridized carbons (Fsp3) is 0.192. The standard InChI is InChI=1S/C26H22N4O5/c1-16-8-10-19(11-9-16)29-24(32)26(23(31)27-25(29)33)15-18-14-20(30(34)35)12-13-21(18)28(2)22(26)17-6-4-3-5-7-17/h3-14,22H,15H2,1-2H3,(H,27,31,33)/t22-,26+/m0/s1. The predicted octanol–water partition coefficient (Wildman–Crippen LogP) is 3.91. The lowest BCUT2D eigenvalue weighted by Crippen LogP contribution is -2.69. The van der Waals surface area contributed by atoms with Gasteiger partial charge in [-0.2, -0.15) is 0 Å². The normalized spacial score (nSPS) is 21.7. The zero-order chi connectivity index (χ0) is 24.9. The lowest BCUT2D eigenvalue weighted by atomic mass is 9.66. The number of hydrogen-bond acceptors (Lipinski definition) is 6. The van der Waals surface area contributed by atoms with Crippen molar-refractivity contribution in [3.63, 3.8) is 0 Å². The fourth-order valence-corrected chi connectivity index (χ4v) is 5.16. The zero-order valence-electron chi connectivity index (χ0n) is 19.1. The molecule has 1 saturated heterocycles. The third-order valence-corrected chi connectivity index (χ3v) is 6.80. The molecular weight excluding hydrogens is 448 g/mol. The smallest absolute Gasteiger partial charge is 0.335 e. The van der Waals surface area contributed by atoms with Crippen molar-refractivity contribution in [1.29, 1.82) is 0 Å². The van der Waals surface area contributed by atoms with Crippen molar-refractivity contribution in [2.45, 2.75) is 19.4 Å². The Kier molecular flexibility index (Phi) is 5.12. The van der Waals surface area contributed by atoms with Gasteiger partial charge in [0, 0.05) is 31.3 Å². The molecular formula is C26H22N4O5. The minimum Gasteiger partial charge on any atom is -0.366 e. The predicted molar refractivity (Wildman–Crippen MR) is 129 cm³/mol. The highest BCUT2D eigenvalue weighted by molar-refractivity contribution is 6.30. The second-order valence-electron chi connectivity index (χ2n) is 8.88. The molecule has 0 aromatic heterocycles. The molecule has 35 heavy (non-hydrogen) atoms. The topological polar surface area (TPSA) is 113 Å². The summed E-state index contributed by atoms with van der Waals surface area (Å²) in [6.45, 7) is 1.89. The summed E-state index contributed by atoms with van der Waals surface area (Å²) in [6.07, 6.45) is -0.103. The summed E-state index contributed by atoms with van der Waals surface area (Å²) in [5.74, 6) is -1.40. The number of barbiturate groups is 1. The van der Waals surface area contributed by atoms with Gasteiger partial charge in [0.15, 0.2) is 5.41 Å². The van der Waals surface area contributed by atoms with E-state index in [0.717, 1.165) is 10.5 Å². The number of fused-ring (bicyclic) bond motifs is 1. The number of anilines is 2. The van der Waals surface area contributed by atoms with E-state index in [9.17, 15) is 24.5 Å². The number of amides is 4. The molecule has 0 saturated carbocycles. The number of hydrogen-bond donors (Lipinski definition) is 1. The molecule has 2 heterocycles. The average Bonchev–Trinajstić information content (AvgIpc) is 2.84. The Morgan fingerprint density at radius 3 is 2.34 bits per heavy atom. The number of rotatable bonds is 3. The second kappa shape index (κ2) is 8.05. The lowest BCUT2D eigenvalue weighted by molar-refractivity contribution is -0.384. The van der Waals surface area contributed by atoms with Gasteiger partial charge in [-0.1, -0.05) is 48.0 Å². The van der Waals surface area contributed by atoms with Crippen molar-refractivity contribution in [2.24, 2.45) is 5.41 Å². The average molecular weight is 470 g/mol. The first kappa shape index (κ1) is 22.3. The molecule has 9 heteroatoms. The van der Waals surface area contributed by atoms with Crippen molar-refractivity contribution in [1.82, 2.24) is 5.32 Å². The van der Waals surface area contributed by atoms with Crippen LogP contribution in [0.25, 0.3) is 0 Å². The van der Waals surface area contributed by atoms with Gasteiger partial charge in [-0.25, -0.2) is 9.69 Å². The number of urea groups is 1. The Morgan fingerprint density at radius 1 is 1.00 bits per heavy atom. The molecule has 176 valence electrons. The molecule has 4 amide bonds. The number of imide groups is 2. The van der Waals surface area contributed by atoms with Gasteiger partial charge in [0.1, 0.15) is 0 Å². The first-order chi connectivity index (χ1) is 16.7. The van der Waals surface area contributed by atoms with Crippen molar-refractivity contribution in [2.75, 3.05) is 16.8 Å². The molecule has 3 aromatic carbocycles. The van der Waals surface area contributed by atoms with Crippen LogP contribution in [-0.4, -0.2) is 29.8 Å². The van der Waals surface area contributed by atoms with Crippen molar-refractivity contribution in [3.8, 4) is 0 Å². The van der Waals surface area contributed by atoms with Crippen LogP contribution in [0.15, 0.2) is 72.8 Å². The van der Waals surface area contributed by atoms with Gasteiger partial charge in [-0.05, 0) is 36.2 Å². The third kappa shape index (κ3) is 3.35. The van der Waals surface area contributed by atoms with Crippen molar-refractivity contribution < 1.29 is 19.3 Å². The van der Waals surface area contributed by atoms with E-state index >= 15 is 0 Å². The Labute approximate surface area is 201 Å². The van der Waals surface area contributed by atoms with Crippen molar-refractivity contribution in [3.05, 3.63) is 99.6 Å². The first-order valence-corrected chi connectivity index (χ1v) is 11.1. The fourth-order valence-electron chi connectivity index (χ4n) is 5.16. The van der Waals surface area contributed by atoms with E-state index in [1.165, 1.54) is 12.1 Å². The van der Waals surface area contributed by atoms with Crippen LogP contribution in [0.3, 0.4) is 0 Å². The minimum absolute atomic E-state index is 0.103. The number of nitrogens with one attached hydrogen (secondary N) is 1. The van der Waals surface area contributed by atoms with E-state index in [0.29, 0.717) is 22.5 Å². The highest BCUT2D eigenvalue weighted by atomic mass is 16.6. The van der Waals surface area contributed by atoms with Crippen LogP contribution in [0, 0.1) is 22.5 Å². The SMILES string of the molecule is Cc1ccc(N2C(=O)NC(=O)[C@]3(Cc4cc([N+](=O)[O-])ccc4N(C)[C@H]3c3ccccc3)C2=O)cc1. The molecule has 0 unspecified atom stereocenters. The van der Waals surface area contributed by atoms with Gasteiger partial charge in [-0.15, -0.1) is 0 Å². The van der Waals surface area contributed by atoms with E-state index in [2.05, 4.69) is 5.32 Å². The van der Waals surface area contributed by atoms with Gasteiger partial charge in [0.05, 0.1) is 16.7 Å². The molecule has 1 fully saturated rings. The van der Waals surface area contributed by atoms with Crippen LogP contribution >= 0.6 is 0 Å². The number of nitro benzene ring substituents is 1. The Bertz CT molecular complexity index is 1370. The molecule has 2 atom stereocenters. The van der Waals surface area contributed by atoms with Crippen LogP contribution in [0.4, 0.5) is 21.9 Å². The van der Waals surface area contributed by atoms with Gasteiger partial charge in [0.25, 0.3) is 11.6 Å². The summed E-state index contributed by atoms with van der Waals surface area (Å²) in [4.78, 5) is 54.5. The number of non-ortho nitro benzene ring substituents is 1. The monoisotopic (exact) mass is 470 g/mol. The third-order valence-electron chi connectivity index (χ3n) is 6.80. The second-order valence-corrected chi connectivity index (χ2v) is 8.88. The van der Waals surface area contributed by atoms with Crippen LogP contribution in [-0.2, 0) is 16.0 Å². The molecule has 1 N–H and O–H groups in total. The van der Waals surface area contributed by atoms with Gasteiger partial charge in [-0.3, -0.25) is 25.0 Å². The van der Waals surface area contributed by atoms with Gasteiger partial charge in [0.2, 0.25) is 5.91 Å². The molecule has 9 nitrogen and oxygen atoms in total. The summed E-state index contributed by atoms with van der Waals surface area (Å²) in [6, 6.07) is 18.8. The van der Waals surface area contributed by atoms with E-state index in [4.69, 9.17) is 0 Å². The number of nitro groups is 1. The van der Waals surface area contributed by atoms with Gasteiger partial charge >= 0.3 is 6.03 Å². The Hall–Kier alpha value is -4.53. The highest BCUT2D eigenvalue weighted by Gasteiger charge is 2.62. The van der Waals surface area contributed by atoms with Crippen LogP contribution in [0.1, 0.15) is 22.7 Å². The number of carbonyl (C=O) groups is 3. The lowest BCUT2D eigenvalue weighted by Gasteiger charge is -2.50. The number of nitrogens with zero attached hydrogens (tertiary/aromatic N) is 3.